The summed E-state index contributed by atoms with van der Waals surface area (Å²) in [6.07, 6.45) is 0. The number of nitrogens with zero attached hydrogens (tertiary/aromatic N) is 1. The van der Waals surface area contributed by atoms with Gasteiger partial charge in [-0.25, -0.2) is 0 Å². The Hall–Kier alpha value is -1.56. The zero-order chi connectivity index (χ0) is 15.2. The summed E-state index contributed by atoms with van der Waals surface area (Å²) in [7, 11) is 1.61. The molecule has 21 heavy (non-hydrogen) atoms. The van der Waals surface area contributed by atoms with Crippen molar-refractivity contribution in [2.24, 2.45) is 0 Å². The van der Waals surface area contributed by atoms with E-state index in [1.54, 1.807) is 41.5 Å². The van der Waals surface area contributed by atoms with Gasteiger partial charge in [-0.1, -0.05) is 17.7 Å². The van der Waals surface area contributed by atoms with Gasteiger partial charge in [0.15, 0.2) is 0 Å². The van der Waals surface area contributed by atoms with Crippen LogP contribution in [-0.4, -0.2) is 31.1 Å². The SMILES string of the molecule is COCCN(Cc1cccs1)C(=O)c1cc(N)ccc1Cl. The molecule has 0 unspecified atom stereocenters. The highest BCUT2D eigenvalue weighted by molar-refractivity contribution is 7.09. The molecule has 1 amide bonds. The fourth-order valence-corrected chi connectivity index (χ4v) is 2.84. The molecule has 1 aromatic carbocycles. The van der Waals surface area contributed by atoms with Gasteiger partial charge in [-0.2, -0.15) is 0 Å². The second kappa shape index (κ2) is 7.45. The largest absolute Gasteiger partial charge is 0.399 e. The van der Waals surface area contributed by atoms with Gasteiger partial charge in [0, 0.05) is 24.2 Å². The molecule has 6 heteroatoms. The average Bonchev–Trinajstić information content (AvgIpc) is 2.98. The lowest BCUT2D eigenvalue weighted by Gasteiger charge is -2.22. The number of anilines is 1. The predicted molar refractivity (Wildman–Crippen MR) is 86.8 cm³/mol. The van der Waals surface area contributed by atoms with E-state index < -0.39 is 0 Å². The number of carbonyl (C=O) groups excluding carboxylic acids is 1. The molecular formula is C15H17ClN2O2S. The highest BCUT2D eigenvalue weighted by Crippen LogP contribution is 2.22. The van der Waals surface area contributed by atoms with E-state index >= 15 is 0 Å². The second-order valence-electron chi connectivity index (χ2n) is 4.54. The maximum atomic E-state index is 12.7. The summed E-state index contributed by atoms with van der Waals surface area (Å²) in [6, 6.07) is 8.89. The highest BCUT2D eigenvalue weighted by Gasteiger charge is 2.19. The van der Waals surface area contributed by atoms with Crippen molar-refractivity contribution in [3.8, 4) is 0 Å². The van der Waals surface area contributed by atoms with Crippen LogP contribution in [0.5, 0.6) is 0 Å². The molecule has 0 aliphatic carbocycles. The summed E-state index contributed by atoms with van der Waals surface area (Å²) >= 11 is 7.73. The maximum absolute atomic E-state index is 12.7. The summed E-state index contributed by atoms with van der Waals surface area (Å²) in [6.45, 7) is 1.50. The van der Waals surface area contributed by atoms with E-state index in [9.17, 15) is 4.79 Å². The quantitative estimate of drug-likeness (QED) is 0.830. The molecule has 0 bridgehead atoms. The molecule has 1 aromatic heterocycles. The molecule has 0 saturated carbocycles. The molecule has 112 valence electrons. The van der Waals surface area contributed by atoms with E-state index in [1.165, 1.54) is 0 Å². The summed E-state index contributed by atoms with van der Waals surface area (Å²) in [5.41, 5.74) is 6.69. The van der Waals surface area contributed by atoms with Gasteiger partial charge in [0.25, 0.3) is 5.91 Å². The van der Waals surface area contributed by atoms with E-state index in [0.717, 1.165) is 4.88 Å². The Morgan fingerprint density at radius 3 is 2.90 bits per heavy atom. The number of hydrogen-bond acceptors (Lipinski definition) is 4. The molecule has 2 aromatic rings. The van der Waals surface area contributed by atoms with Crippen LogP contribution < -0.4 is 5.73 Å². The van der Waals surface area contributed by atoms with Crippen LogP contribution in [0.4, 0.5) is 5.69 Å². The Morgan fingerprint density at radius 1 is 1.43 bits per heavy atom. The Morgan fingerprint density at radius 2 is 2.24 bits per heavy atom. The number of thiophene rings is 1. The first-order valence-electron chi connectivity index (χ1n) is 6.47. The van der Waals surface area contributed by atoms with Gasteiger partial charge in [-0.15, -0.1) is 11.3 Å². The molecule has 2 N–H and O–H groups in total. The minimum atomic E-state index is -0.141. The van der Waals surface area contributed by atoms with Crippen LogP contribution in [0.1, 0.15) is 15.2 Å². The zero-order valence-corrected chi connectivity index (χ0v) is 13.3. The number of benzene rings is 1. The number of nitrogens with two attached hydrogens (primary N) is 1. The molecule has 0 saturated heterocycles. The fraction of sp³-hybridized carbons (Fsp3) is 0.267. The number of methoxy groups -OCH3 is 1. The van der Waals surface area contributed by atoms with E-state index in [2.05, 4.69) is 0 Å². The summed E-state index contributed by atoms with van der Waals surface area (Å²) < 4.78 is 5.08. The Labute approximate surface area is 133 Å². The van der Waals surface area contributed by atoms with E-state index in [0.29, 0.717) is 36.0 Å². The van der Waals surface area contributed by atoms with Crippen LogP contribution >= 0.6 is 22.9 Å². The van der Waals surface area contributed by atoms with Crippen molar-refractivity contribution < 1.29 is 9.53 Å². The summed E-state index contributed by atoms with van der Waals surface area (Å²) in [4.78, 5) is 15.5. The van der Waals surface area contributed by atoms with Gasteiger partial charge in [0.1, 0.15) is 0 Å². The lowest BCUT2D eigenvalue weighted by Crippen LogP contribution is -2.33. The molecule has 0 spiro atoms. The molecule has 2 rings (SSSR count). The minimum Gasteiger partial charge on any atom is -0.399 e. The lowest BCUT2D eigenvalue weighted by molar-refractivity contribution is 0.0682. The van der Waals surface area contributed by atoms with Gasteiger partial charge in [0.2, 0.25) is 0 Å². The molecular weight excluding hydrogens is 308 g/mol. The van der Waals surface area contributed by atoms with Gasteiger partial charge in [-0.3, -0.25) is 4.79 Å². The second-order valence-corrected chi connectivity index (χ2v) is 5.98. The number of rotatable bonds is 6. The maximum Gasteiger partial charge on any atom is 0.255 e. The molecule has 0 radical (unpaired) electrons. The van der Waals surface area contributed by atoms with E-state index in [-0.39, 0.29) is 5.91 Å². The van der Waals surface area contributed by atoms with Crippen LogP contribution in [-0.2, 0) is 11.3 Å². The smallest absolute Gasteiger partial charge is 0.255 e. The number of amides is 1. The van der Waals surface area contributed by atoms with Gasteiger partial charge < -0.3 is 15.4 Å². The molecule has 0 aliphatic rings. The fourth-order valence-electron chi connectivity index (χ4n) is 1.92. The monoisotopic (exact) mass is 324 g/mol. The van der Waals surface area contributed by atoms with Crippen molar-refractivity contribution in [1.82, 2.24) is 4.90 Å². The lowest BCUT2D eigenvalue weighted by atomic mass is 10.1. The van der Waals surface area contributed by atoms with Crippen LogP contribution in [0.25, 0.3) is 0 Å². The number of hydrogen-bond donors (Lipinski definition) is 1. The van der Waals surface area contributed by atoms with Crippen LogP contribution in [0.15, 0.2) is 35.7 Å². The third-order valence-electron chi connectivity index (χ3n) is 3.00. The van der Waals surface area contributed by atoms with Crippen LogP contribution in [0, 0.1) is 0 Å². The minimum absolute atomic E-state index is 0.141. The number of nitrogen functional groups attached to an aromatic ring is 1. The van der Waals surface area contributed by atoms with E-state index in [4.69, 9.17) is 22.1 Å². The highest BCUT2D eigenvalue weighted by atomic mass is 35.5. The summed E-state index contributed by atoms with van der Waals surface area (Å²) in [5.74, 6) is -0.141. The number of carbonyl (C=O) groups is 1. The summed E-state index contributed by atoms with van der Waals surface area (Å²) in [5, 5.41) is 2.39. The topological polar surface area (TPSA) is 55.6 Å². The Bertz CT molecular complexity index is 602. The van der Waals surface area contributed by atoms with Gasteiger partial charge >= 0.3 is 0 Å². The normalized spacial score (nSPS) is 10.6. The third-order valence-corrected chi connectivity index (χ3v) is 4.19. The first kappa shape index (κ1) is 15.8. The molecule has 1 heterocycles. The van der Waals surface area contributed by atoms with Gasteiger partial charge in [-0.05, 0) is 29.6 Å². The van der Waals surface area contributed by atoms with Crippen molar-refractivity contribution in [2.45, 2.75) is 6.54 Å². The number of halogens is 1. The Kier molecular flexibility index (Phi) is 5.61. The number of ether oxygens (including phenoxy) is 1. The first-order valence-corrected chi connectivity index (χ1v) is 7.73. The van der Waals surface area contributed by atoms with E-state index in [1.807, 2.05) is 17.5 Å². The first-order chi connectivity index (χ1) is 10.1. The standard InChI is InChI=1S/C15H17ClN2O2S/c1-20-7-6-18(10-12-3-2-8-21-12)15(19)13-9-11(17)4-5-14(13)16/h2-5,8-9H,6-7,10,17H2,1H3. The van der Waals surface area contributed by atoms with Crippen molar-refractivity contribution in [1.29, 1.82) is 0 Å². The van der Waals surface area contributed by atoms with Crippen molar-refractivity contribution in [3.05, 3.63) is 51.2 Å². The Balaban J connectivity index is 2.22. The zero-order valence-electron chi connectivity index (χ0n) is 11.7. The molecule has 0 fully saturated rings. The third kappa shape index (κ3) is 4.20. The van der Waals surface area contributed by atoms with Crippen molar-refractivity contribution in [2.75, 3.05) is 26.0 Å². The molecule has 4 nitrogen and oxygen atoms in total. The van der Waals surface area contributed by atoms with Crippen molar-refractivity contribution in [3.63, 3.8) is 0 Å². The predicted octanol–water partition coefficient (Wildman–Crippen LogP) is 3.27. The molecule has 0 aliphatic heterocycles. The molecule has 0 atom stereocenters. The van der Waals surface area contributed by atoms with Gasteiger partial charge in [0.05, 0.1) is 23.7 Å². The van der Waals surface area contributed by atoms with Crippen LogP contribution in [0.2, 0.25) is 5.02 Å². The van der Waals surface area contributed by atoms with Crippen LogP contribution in [0.3, 0.4) is 0 Å². The average molecular weight is 325 g/mol. The van der Waals surface area contributed by atoms with Crippen molar-refractivity contribution >= 4 is 34.5 Å².